The van der Waals surface area contributed by atoms with Gasteiger partial charge < -0.3 is 5.11 Å². The molecule has 0 aliphatic carbocycles. The van der Waals surface area contributed by atoms with E-state index >= 15 is 0 Å². The van der Waals surface area contributed by atoms with Crippen molar-refractivity contribution < 1.29 is 23.1 Å². The van der Waals surface area contributed by atoms with Crippen molar-refractivity contribution in [3.63, 3.8) is 0 Å². The molecule has 0 unspecified atom stereocenters. The van der Waals surface area contributed by atoms with Crippen LogP contribution in [0.1, 0.15) is 16.8 Å². The minimum absolute atomic E-state index is 0.235. The van der Waals surface area contributed by atoms with E-state index in [2.05, 4.69) is 0 Å². The Morgan fingerprint density at radius 3 is 2.22 bits per heavy atom. The highest BCUT2D eigenvalue weighted by atomic mass is 35.5. The molecule has 0 aromatic heterocycles. The lowest BCUT2D eigenvalue weighted by Crippen LogP contribution is -2.20. The van der Waals surface area contributed by atoms with Gasteiger partial charge in [0.1, 0.15) is 5.75 Å². The summed E-state index contributed by atoms with van der Waals surface area (Å²) < 4.78 is 23.0. The van der Waals surface area contributed by atoms with E-state index in [1.165, 1.54) is 24.3 Å². The summed E-state index contributed by atoms with van der Waals surface area (Å²) in [5.74, 6) is -3.02. The number of carboxylic acid groups (broad SMARTS) is 1. The van der Waals surface area contributed by atoms with Crippen LogP contribution >= 0.6 is 11.6 Å². The number of carboxylic acids is 1. The van der Waals surface area contributed by atoms with E-state index in [9.17, 15) is 18.0 Å². The van der Waals surface area contributed by atoms with Crippen LogP contribution in [0.2, 0.25) is 5.02 Å². The van der Waals surface area contributed by atoms with E-state index < -0.39 is 39.5 Å². The van der Waals surface area contributed by atoms with E-state index in [-0.39, 0.29) is 5.56 Å². The molecule has 0 saturated heterocycles. The van der Waals surface area contributed by atoms with Gasteiger partial charge in [-0.3, -0.25) is 9.59 Å². The summed E-state index contributed by atoms with van der Waals surface area (Å²) in [6.45, 7) is 0. The van der Waals surface area contributed by atoms with Crippen LogP contribution < -0.4 is 0 Å². The molecule has 18 heavy (non-hydrogen) atoms. The molecular weight excluding hydrogens is 280 g/mol. The van der Waals surface area contributed by atoms with Gasteiger partial charge in [-0.05, 0) is 24.3 Å². The maximum absolute atomic E-state index is 11.6. The van der Waals surface area contributed by atoms with Gasteiger partial charge in [-0.2, -0.15) is 0 Å². The predicted octanol–water partition coefficient (Wildman–Crippen LogP) is 1.41. The molecule has 1 aromatic carbocycles. The van der Waals surface area contributed by atoms with E-state index in [4.69, 9.17) is 16.7 Å². The molecule has 0 spiro atoms. The summed E-state index contributed by atoms with van der Waals surface area (Å²) in [7, 11) is -3.70. The van der Waals surface area contributed by atoms with Gasteiger partial charge in [0.25, 0.3) is 0 Å². The zero-order valence-electron chi connectivity index (χ0n) is 9.30. The first kappa shape index (κ1) is 14.7. The molecule has 0 bridgehead atoms. The Balaban J connectivity index is 2.69. The third-order valence-corrected chi connectivity index (χ3v) is 3.92. The molecule has 0 amide bonds. The van der Waals surface area contributed by atoms with Crippen LogP contribution in [-0.4, -0.2) is 36.8 Å². The zero-order valence-corrected chi connectivity index (χ0v) is 10.9. The fourth-order valence-electron chi connectivity index (χ4n) is 1.23. The van der Waals surface area contributed by atoms with E-state index in [0.717, 1.165) is 0 Å². The van der Waals surface area contributed by atoms with Gasteiger partial charge in [-0.1, -0.05) is 11.6 Å². The van der Waals surface area contributed by atoms with Crippen molar-refractivity contribution >= 4 is 33.2 Å². The molecule has 1 aromatic rings. The van der Waals surface area contributed by atoms with E-state index in [1.54, 1.807) is 0 Å². The highest BCUT2D eigenvalue weighted by Crippen LogP contribution is 2.11. The first-order chi connectivity index (χ1) is 8.30. The monoisotopic (exact) mass is 290 g/mol. The number of sulfone groups is 1. The molecule has 0 aliphatic rings. The van der Waals surface area contributed by atoms with Crippen molar-refractivity contribution in [1.82, 2.24) is 0 Å². The van der Waals surface area contributed by atoms with Crippen molar-refractivity contribution in [3.8, 4) is 0 Å². The second kappa shape index (κ2) is 5.97. The predicted molar refractivity (Wildman–Crippen MR) is 66.7 cm³/mol. The summed E-state index contributed by atoms with van der Waals surface area (Å²) in [5, 5.41) is 8.84. The topological polar surface area (TPSA) is 88.5 Å². The first-order valence-corrected chi connectivity index (χ1v) is 7.21. The molecule has 0 saturated carbocycles. The number of hydrogen-bond donors (Lipinski definition) is 1. The molecular formula is C11H11ClO5S. The standard InChI is InChI=1S/C11H11ClO5S/c12-9-3-1-8(2-4-9)10(13)7-18(16,17)6-5-11(14)15/h1-4H,5-7H2,(H,14,15). The maximum atomic E-state index is 11.6. The van der Waals surface area contributed by atoms with Gasteiger partial charge in [0.15, 0.2) is 15.6 Å². The van der Waals surface area contributed by atoms with Gasteiger partial charge in [0.05, 0.1) is 12.2 Å². The molecule has 0 fully saturated rings. The highest BCUT2D eigenvalue weighted by molar-refractivity contribution is 7.92. The summed E-state index contributed by atoms with van der Waals surface area (Å²) in [6, 6.07) is 5.83. The molecule has 0 radical (unpaired) electrons. The zero-order chi connectivity index (χ0) is 13.8. The number of halogens is 1. The van der Waals surface area contributed by atoms with Crippen LogP contribution in [0.5, 0.6) is 0 Å². The normalized spacial score (nSPS) is 11.2. The van der Waals surface area contributed by atoms with E-state index in [1.807, 2.05) is 0 Å². The van der Waals surface area contributed by atoms with Crippen molar-refractivity contribution in [2.24, 2.45) is 0 Å². The second-order valence-corrected chi connectivity index (χ2v) is 6.29. The molecule has 5 nitrogen and oxygen atoms in total. The second-order valence-electron chi connectivity index (χ2n) is 3.67. The molecule has 1 rings (SSSR count). The van der Waals surface area contributed by atoms with Gasteiger partial charge >= 0.3 is 5.97 Å². The molecule has 1 N–H and O–H groups in total. The summed E-state index contributed by atoms with van der Waals surface area (Å²) >= 11 is 5.64. The van der Waals surface area contributed by atoms with Crippen LogP contribution in [0.15, 0.2) is 24.3 Å². The summed E-state index contributed by atoms with van der Waals surface area (Å²) in [6.07, 6.45) is -0.504. The molecule has 0 heterocycles. The van der Waals surface area contributed by atoms with Crippen molar-refractivity contribution in [2.75, 3.05) is 11.5 Å². The number of aliphatic carboxylic acids is 1. The van der Waals surface area contributed by atoms with Crippen molar-refractivity contribution in [2.45, 2.75) is 6.42 Å². The third-order valence-electron chi connectivity index (χ3n) is 2.14. The Kier molecular flexibility index (Phi) is 4.86. The average molecular weight is 291 g/mol. The lowest BCUT2D eigenvalue weighted by atomic mass is 10.1. The number of Topliss-reactive ketones (excluding diaryl/α,β-unsaturated/α-hetero) is 1. The van der Waals surface area contributed by atoms with Gasteiger partial charge in [-0.25, -0.2) is 8.42 Å². The number of rotatable bonds is 6. The Morgan fingerprint density at radius 2 is 1.72 bits per heavy atom. The number of benzene rings is 1. The Labute approximate surface area is 109 Å². The SMILES string of the molecule is O=C(O)CCS(=O)(=O)CC(=O)c1ccc(Cl)cc1. The van der Waals surface area contributed by atoms with E-state index in [0.29, 0.717) is 5.02 Å². The maximum Gasteiger partial charge on any atom is 0.304 e. The largest absolute Gasteiger partial charge is 0.481 e. The summed E-state index contributed by atoms with van der Waals surface area (Å²) in [4.78, 5) is 21.9. The van der Waals surface area contributed by atoms with Crippen LogP contribution in [0.3, 0.4) is 0 Å². The highest BCUT2D eigenvalue weighted by Gasteiger charge is 2.19. The lowest BCUT2D eigenvalue weighted by Gasteiger charge is -2.02. The van der Waals surface area contributed by atoms with Crippen LogP contribution in [0, 0.1) is 0 Å². The fourth-order valence-corrected chi connectivity index (χ4v) is 2.56. The Bertz CT molecular complexity index is 547. The minimum atomic E-state index is -3.70. The Hall–Kier alpha value is -1.40. The third kappa shape index (κ3) is 4.85. The Morgan fingerprint density at radius 1 is 1.17 bits per heavy atom. The minimum Gasteiger partial charge on any atom is -0.481 e. The molecule has 0 atom stereocenters. The molecule has 7 heteroatoms. The van der Waals surface area contributed by atoms with Crippen LogP contribution in [-0.2, 0) is 14.6 Å². The number of carbonyl (C=O) groups is 2. The fraction of sp³-hybridized carbons (Fsp3) is 0.273. The van der Waals surface area contributed by atoms with Crippen molar-refractivity contribution in [1.29, 1.82) is 0 Å². The van der Waals surface area contributed by atoms with Gasteiger partial charge in [0.2, 0.25) is 0 Å². The average Bonchev–Trinajstić information content (AvgIpc) is 2.27. The summed E-state index contributed by atoms with van der Waals surface area (Å²) in [5.41, 5.74) is 0.235. The number of hydrogen-bond acceptors (Lipinski definition) is 4. The lowest BCUT2D eigenvalue weighted by molar-refractivity contribution is -0.136. The van der Waals surface area contributed by atoms with Gasteiger partial charge in [-0.15, -0.1) is 0 Å². The number of carbonyl (C=O) groups excluding carboxylic acids is 1. The van der Waals surface area contributed by atoms with Crippen LogP contribution in [0.25, 0.3) is 0 Å². The smallest absolute Gasteiger partial charge is 0.304 e. The first-order valence-electron chi connectivity index (χ1n) is 5.01. The van der Waals surface area contributed by atoms with Crippen LogP contribution in [0.4, 0.5) is 0 Å². The molecule has 98 valence electrons. The van der Waals surface area contributed by atoms with Crippen molar-refractivity contribution in [3.05, 3.63) is 34.9 Å². The van der Waals surface area contributed by atoms with Gasteiger partial charge in [0, 0.05) is 10.6 Å². The quantitative estimate of drug-likeness (QED) is 0.800. The molecule has 0 aliphatic heterocycles. The number of ketones is 1.